The molecule has 0 atom stereocenters. The number of carbonyl (C=O) groups is 2. The highest BCUT2D eigenvalue weighted by atomic mass is 32.1. The predicted octanol–water partition coefficient (Wildman–Crippen LogP) is 9.15. The first-order valence-electron chi connectivity index (χ1n) is 11.7. The maximum atomic E-state index is 13.3. The summed E-state index contributed by atoms with van der Waals surface area (Å²) in [7, 11) is 0. The van der Waals surface area contributed by atoms with Crippen LogP contribution in [0.2, 0.25) is 0 Å². The molecule has 0 radical (unpaired) electrons. The first-order valence-corrected chi connectivity index (χ1v) is 12.6. The van der Waals surface area contributed by atoms with E-state index in [4.69, 9.17) is 0 Å². The molecule has 1 aromatic heterocycles. The van der Waals surface area contributed by atoms with E-state index in [1.54, 1.807) is 16.1 Å². The maximum absolute atomic E-state index is 13.3. The fraction of sp³-hybridized carbons (Fsp3) is 0.160. The number of rotatable bonds is 3. The van der Waals surface area contributed by atoms with Crippen molar-refractivity contribution in [1.29, 1.82) is 0 Å². The largest absolute Gasteiger partial charge is 0.416 e. The molecule has 0 fully saturated rings. The van der Waals surface area contributed by atoms with Gasteiger partial charge in [-0.15, -0.1) is 0 Å². The third-order valence-electron chi connectivity index (χ3n) is 5.57. The van der Waals surface area contributed by atoms with E-state index in [1.165, 1.54) is 24.3 Å². The Hall–Kier alpha value is -4.75. The molecule has 0 aliphatic carbocycles. The molecule has 0 bridgehead atoms. The number of thiazole rings is 1. The molecule has 3 N–H and O–H groups in total. The Morgan fingerprint density at radius 1 is 0.622 bits per heavy atom. The SMILES string of the molecule is O=C(Nc1cc(C(F)(F)F)cc(C(F)(F)F)c1)NN(C(=O)Nc1cc(C(F)(F)F)cc(C(F)(F)F)c1)c1nc2ccccc2s1. The number of nitrogens with one attached hydrogen (secondary N) is 3. The van der Waals surface area contributed by atoms with Crippen molar-refractivity contribution >= 4 is 50.1 Å². The monoisotopic (exact) mass is 675 g/mol. The molecule has 0 aliphatic heterocycles. The number of alkyl halides is 12. The number of hydrogen-bond donors (Lipinski definition) is 3. The lowest BCUT2D eigenvalue weighted by atomic mass is 10.1. The second-order valence-electron chi connectivity index (χ2n) is 8.88. The van der Waals surface area contributed by atoms with Gasteiger partial charge in [0.15, 0.2) is 0 Å². The summed E-state index contributed by atoms with van der Waals surface area (Å²) in [5.74, 6) is 0. The number of hydrogen-bond acceptors (Lipinski definition) is 4. The lowest BCUT2D eigenvalue weighted by molar-refractivity contribution is -0.144. The molecule has 240 valence electrons. The second kappa shape index (κ2) is 11.6. The zero-order valence-electron chi connectivity index (χ0n) is 21.4. The molecule has 4 amide bonds. The summed E-state index contributed by atoms with van der Waals surface area (Å²) in [5, 5.41) is 3.17. The molecule has 1 heterocycles. The maximum Gasteiger partial charge on any atom is 0.416 e. The number of anilines is 3. The Labute approximate surface area is 246 Å². The van der Waals surface area contributed by atoms with Crippen LogP contribution in [0.25, 0.3) is 10.2 Å². The van der Waals surface area contributed by atoms with Gasteiger partial charge in [-0.2, -0.15) is 57.7 Å². The third-order valence-corrected chi connectivity index (χ3v) is 6.60. The zero-order valence-corrected chi connectivity index (χ0v) is 22.2. The number of nitrogens with zero attached hydrogens (tertiary/aromatic N) is 2. The van der Waals surface area contributed by atoms with Crippen LogP contribution in [0.1, 0.15) is 22.3 Å². The standard InChI is InChI=1S/C25H13F12N5O2S/c26-22(27,28)11-5-12(23(29,30)31)8-15(7-11)38-19(43)41-42(21-40-17-3-1-2-4-18(17)45-21)20(44)39-16-9-13(24(32,33)34)6-14(10-16)25(35,36)37/h1-10H,(H,39,44)(H2,38,41,43). The summed E-state index contributed by atoms with van der Waals surface area (Å²) in [5.41, 5.74) is -7.27. The van der Waals surface area contributed by atoms with E-state index in [0.29, 0.717) is 16.0 Å². The van der Waals surface area contributed by atoms with Gasteiger partial charge in [-0.1, -0.05) is 23.5 Å². The van der Waals surface area contributed by atoms with Crippen LogP contribution >= 0.6 is 11.3 Å². The molecular formula is C25H13F12N5O2S. The smallest absolute Gasteiger partial charge is 0.307 e. The Morgan fingerprint density at radius 2 is 1.04 bits per heavy atom. The number of fused-ring (bicyclic) bond motifs is 1. The molecule has 0 unspecified atom stereocenters. The van der Waals surface area contributed by atoms with Crippen LogP contribution < -0.4 is 21.1 Å². The van der Waals surface area contributed by atoms with E-state index in [1.807, 2.05) is 0 Å². The number of amides is 4. The van der Waals surface area contributed by atoms with Crippen LogP contribution in [0.3, 0.4) is 0 Å². The summed E-state index contributed by atoms with van der Waals surface area (Å²) in [6.07, 6.45) is -21.1. The lowest BCUT2D eigenvalue weighted by Crippen LogP contribution is -2.50. The number of urea groups is 2. The first-order chi connectivity index (χ1) is 20.6. The van der Waals surface area contributed by atoms with Gasteiger partial charge in [-0.25, -0.2) is 20.0 Å². The van der Waals surface area contributed by atoms with Gasteiger partial charge >= 0.3 is 36.8 Å². The fourth-order valence-corrected chi connectivity index (χ4v) is 4.56. The second-order valence-corrected chi connectivity index (χ2v) is 9.89. The van der Waals surface area contributed by atoms with Crippen LogP contribution in [0.15, 0.2) is 60.7 Å². The molecule has 4 aromatic rings. The zero-order chi connectivity index (χ0) is 33.5. The van der Waals surface area contributed by atoms with Gasteiger partial charge in [-0.3, -0.25) is 0 Å². The van der Waals surface area contributed by atoms with Gasteiger partial charge in [-0.05, 0) is 48.5 Å². The van der Waals surface area contributed by atoms with Crippen LogP contribution in [0.4, 0.5) is 78.8 Å². The molecule has 45 heavy (non-hydrogen) atoms. The highest BCUT2D eigenvalue weighted by Gasteiger charge is 2.39. The van der Waals surface area contributed by atoms with Crippen molar-refractivity contribution in [2.75, 3.05) is 15.6 Å². The molecule has 0 aliphatic rings. The van der Waals surface area contributed by atoms with E-state index in [-0.39, 0.29) is 46.9 Å². The number of benzene rings is 3. The Balaban J connectivity index is 1.70. The van der Waals surface area contributed by atoms with E-state index in [2.05, 4.69) is 4.98 Å². The van der Waals surface area contributed by atoms with E-state index in [9.17, 15) is 62.3 Å². The topological polar surface area (TPSA) is 86.4 Å². The van der Waals surface area contributed by atoms with Gasteiger partial charge in [0.1, 0.15) is 0 Å². The number of aromatic nitrogens is 1. The molecule has 4 rings (SSSR count). The third kappa shape index (κ3) is 8.05. The molecule has 3 aromatic carbocycles. The summed E-state index contributed by atoms with van der Waals surface area (Å²) < 4.78 is 159. The summed E-state index contributed by atoms with van der Waals surface area (Å²) >= 11 is 0.673. The Bertz CT molecular complexity index is 1650. The van der Waals surface area contributed by atoms with E-state index >= 15 is 0 Å². The van der Waals surface area contributed by atoms with Crippen molar-refractivity contribution in [1.82, 2.24) is 10.4 Å². The van der Waals surface area contributed by atoms with Gasteiger partial charge in [0.05, 0.1) is 32.5 Å². The van der Waals surface area contributed by atoms with Crippen LogP contribution in [0.5, 0.6) is 0 Å². The van der Waals surface area contributed by atoms with Crippen molar-refractivity contribution in [3.8, 4) is 0 Å². The molecule has 0 spiro atoms. The van der Waals surface area contributed by atoms with Crippen LogP contribution in [0, 0.1) is 0 Å². The average Bonchev–Trinajstić information content (AvgIpc) is 3.33. The van der Waals surface area contributed by atoms with Crippen LogP contribution in [-0.2, 0) is 24.7 Å². The van der Waals surface area contributed by atoms with Crippen molar-refractivity contribution in [2.24, 2.45) is 0 Å². The Kier molecular flexibility index (Phi) is 8.57. The summed E-state index contributed by atoms with van der Waals surface area (Å²) in [4.78, 5) is 29.9. The van der Waals surface area contributed by atoms with Crippen molar-refractivity contribution in [2.45, 2.75) is 24.7 Å². The van der Waals surface area contributed by atoms with E-state index < -0.39 is 75.5 Å². The fourth-order valence-electron chi connectivity index (χ4n) is 3.64. The van der Waals surface area contributed by atoms with Gasteiger partial charge < -0.3 is 10.6 Å². The van der Waals surface area contributed by atoms with Crippen molar-refractivity contribution < 1.29 is 62.3 Å². The molecule has 0 saturated heterocycles. The van der Waals surface area contributed by atoms with Gasteiger partial charge in [0.2, 0.25) is 5.13 Å². The minimum atomic E-state index is -5.29. The minimum absolute atomic E-state index is 0.151. The van der Waals surface area contributed by atoms with Crippen LogP contribution in [-0.4, -0.2) is 17.0 Å². The summed E-state index contributed by atoms with van der Waals surface area (Å²) in [6, 6.07) is 2.88. The average molecular weight is 675 g/mol. The molecule has 0 saturated carbocycles. The van der Waals surface area contributed by atoms with Gasteiger partial charge in [0, 0.05) is 11.4 Å². The highest BCUT2D eigenvalue weighted by molar-refractivity contribution is 7.22. The first kappa shape index (κ1) is 33.1. The lowest BCUT2D eigenvalue weighted by Gasteiger charge is -2.22. The normalized spacial score (nSPS) is 12.6. The van der Waals surface area contributed by atoms with Crippen molar-refractivity contribution in [3.63, 3.8) is 0 Å². The van der Waals surface area contributed by atoms with Gasteiger partial charge in [0.25, 0.3) is 0 Å². The highest BCUT2D eigenvalue weighted by Crippen LogP contribution is 2.39. The van der Waals surface area contributed by atoms with E-state index in [0.717, 1.165) is 0 Å². The minimum Gasteiger partial charge on any atom is -0.307 e. The quantitative estimate of drug-likeness (QED) is 0.150. The molecule has 7 nitrogen and oxygen atoms in total. The predicted molar refractivity (Wildman–Crippen MR) is 136 cm³/mol. The van der Waals surface area contributed by atoms with Crippen molar-refractivity contribution in [3.05, 3.63) is 82.9 Å². The summed E-state index contributed by atoms with van der Waals surface area (Å²) in [6.45, 7) is 0. The number of para-hydroxylation sites is 1. The molecular weight excluding hydrogens is 662 g/mol. The number of hydrazine groups is 1. The molecule has 20 heteroatoms. The number of halogens is 12. The Morgan fingerprint density at radius 3 is 1.47 bits per heavy atom. The number of carbonyl (C=O) groups excluding carboxylic acids is 2.